The summed E-state index contributed by atoms with van der Waals surface area (Å²) in [5.41, 5.74) is 7.30. The number of carbonyl (C=O) groups is 1. The third-order valence-corrected chi connectivity index (χ3v) is 5.48. The van der Waals surface area contributed by atoms with Crippen molar-refractivity contribution in [1.29, 1.82) is 0 Å². The maximum absolute atomic E-state index is 12.3. The molecule has 3 rings (SSSR count). The molecule has 17 heavy (non-hydrogen) atoms. The third-order valence-electron chi connectivity index (χ3n) is 3.11. The van der Waals surface area contributed by atoms with Crippen molar-refractivity contribution in [3.63, 3.8) is 0 Å². The fourth-order valence-corrected chi connectivity index (χ4v) is 4.43. The number of ketones is 1. The molecule has 1 aromatic heterocycles. The zero-order chi connectivity index (χ0) is 12.0. The Bertz CT molecular complexity index is 582. The van der Waals surface area contributed by atoms with E-state index in [2.05, 4.69) is 0 Å². The first-order valence-electron chi connectivity index (χ1n) is 5.42. The van der Waals surface area contributed by atoms with Crippen LogP contribution in [0.4, 0.5) is 0 Å². The fourth-order valence-electron chi connectivity index (χ4n) is 2.34. The Morgan fingerprint density at radius 2 is 2.24 bits per heavy atom. The molecule has 0 spiro atoms. The number of carbonyl (C=O) groups excluding carboxylic acids is 1. The molecule has 0 amide bonds. The monoisotopic (exact) mass is 265 g/mol. The number of nitrogens with two attached hydrogens (primary N) is 1. The van der Waals surface area contributed by atoms with Gasteiger partial charge in [-0.15, -0.1) is 11.3 Å². The maximum Gasteiger partial charge on any atom is 0.205 e. The third kappa shape index (κ3) is 1.53. The van der Waals surface area contributed by atoms with E-state index < -0.39 is 10.8 Å². The molecule has 1 unspecified atom stereocenters. The van der Waals surface area contributed by atoms with Crippen molar-refractivity contribution >= 4 is 27.9 Å². The molecule has 1 aromatic rings. The van der Waals surface area contributed by atoms with Crippen molar-refractivity contribution in [1.82, 2.24) is 0 Å². The van der Waals surface area contributed by atoms with Gasteiger partial charge in [0.2, 0.25) is 5.78 Å². The van der Waals surface area contributed by atoms with Crippen LogP contribution in [0.3, 0.4) is 0 Å². The van der Waals surface area contributed by atoms with Crippen LogP contribution in [0.5, 0.6) is 0 Å². The summed E-state index contributed by atoms with van der Waals surface area (Å²) in [6.45, 7) is 0. The SMILES string of the molecule is NC1=C(C(=O)c2cccs2)C2=C(CCC2)S1=O. The summed E-state index contributed by atoms with van der Waals surface area (Å²) in [7, 11) is -1.26. The molecule has 2 heterocycles. The molecule has 0 aromatic carbocycles. The van der Waals surface area contributed by atoms with Gasteiger partial charge in [0.15, 0.2) is 0 Å². The Labute approximate surface area is 105 Å². The predicted molar refractivity (Wildman–Crippen MR) is 68.9 cm³/mol. The molecule has 0 fully saturated rings. The molecule has 0 saturated heterocycles. The summed E-state index contributed by atoms with van der Waals surface area (Å²) in [4.78, 5) is 13.9. The highest BCUT2D eigenvalue weighted by Gasteiger charge is 2.36. The summed E-state index contributed by atoms with van der Waals surface area (Å²) in [5, 5.41) is 2.12. The number of Topliss-reactive ketones (excluding diaryl/α,β-unsaturated/α-hetero) is 1. The van der Waals surface area contributed by atoms with Crippen molar-refractivity contribution < 1.29 is 9.00 Å². The Hall–Kier alpha value is -1.20. The lowest BCUT2D eigenvalue weighted by atomic mass is 10.0. The number of thiophene rings is 1. The van der Waals surface area contributed by atoms with E-state index in [1.54, 1.807) is 6.07 Å². The van der Waals surface area contributed by atoms with Gasteiger partial charge in [-0.05, 0) is 36.3 Å². The summed E-state index contributed by atoms with van der Waals surface area (Å²) in [5.74, 6) is -0.0715. The molecule has 1 aliphatic carbocycles. The molecule has 0 saturated carbocycles. The molecule has 0 radical (unpaired) electrons. The summed E-state index contributed by atoms with van der Waals surface area (Å²) in [6.07, 6.45) is 2.61. The van der Waals surface area contributed by atoms with E-state index in [1.807, 2.05) is 11.4 Å². The first-order valence-corrected chi connectivity index (χ1v) is 7.45. The van der Waals surface area contributed by atoms with Crippen molar-refractivity contribution in [2.24, 2.45) is 5.73 Å². The van der Waals surface area contributed by atoms with E-state index >= 15 is 0 Å². The highest BCUT2D eigenvalue weighted by molar-refractivity contribution is 7.93. The van der Waals surface area contributed by atoms with Crippen LogP contribution in [0.25, 0.3) is 0 Å². The normalized spacial score (nSPS) is 23.4. The minimum atomic E-state index is -1.26. The minimum absolute atomic E-state index is 0.0715. The first kappa shape index (κ1) is 10.9. The van der Waals surface area contributed by atoms with Gasteiger partial charge >= 0.3 is 0 Å². The van der Waals surface area contributed by atoms with Crippen molar-refractivity contribution in [2.45, 2.75) is 19.3 Å². The van der Waals surface area contributed by atoms with Crippen LogP contribution >= 0.6 is 11.3 Å². The molecule has 2 N–H and O–H groups in total. The Morgan fingerprint density at radius 3 is 2.94 bits per heavy atom. The lowest BCUT2D eigenvalue weighted by Crippen LogP contribution is -2.11. The lowest BCUT2D eigenvalue weighted by Gasteiger charge is -2.04. The zero-order valence-corrected chi connectivity index (χ0v) is 10.7. The van der Waals surface area contributed by atoms with Gasteiger partial charge in [-0.1, -0.05) is 6.07 Å². The van der Waals surface area contributed by atoms with Crippen LogP contribution in [0.1, 0.15) is 28.9 Å². The Kier molecular flexibility index (Phi) is 2.52. The second-order valence-electron chi connectivity index (χ2n) is 4.07. The van der Waals surface area contributed by atoms with Gasteiger partial charge in [0.05, 0.1) is 21.2 Å². The van der Waals surface area contributed by atoms with Gasteiger partial charge < -0.3 is 5.73 Å². The highest BCUT2D eigenvalue weighted by atomic mass is 32.2. The molecule has 1 atom stereocenters. The van der Waals surface area contributed by atoms with E-state index in [1.165, 1.54) is 11.3 Å². The average molecular weight is 265 g/mol. The molecule has 3 nitrogen and oxygen atoms in total. The summed E-state index contributed by atoms with van der Waals surface area (Å²) in [6, 6.07) is 3.62. The van der Waals surface area contributed by atoms with Gasteiger partial charge in [-0.3, -0.25) is 4.79 Å². The smallest absolute Gasteiger partial charge is 0.205 e. The first-order chi connectivity index (χ1) is 8.20. The van der Waals surface area contributed by atoms with Gasteiger partial charge in [-0.2, -0.15) is 0 Å². The van der Waals surface area contributed by atoms with Gasteiger partial charge in [0.1, 0.15) is 5.03 Å². The van der Waals surface area contributed by atoms with Crippen molar-refractivity contribution in [3.8, 4) is 0 Å². The number of hydrogen-bond acceptors (Lipinski definition) is 4. The average Bonchev–Trinajstić information content (AvgIpc) is 3.01. The molecular weight excluding hydrogens is 254 g/mol. The van der Waals surface area contributed by atoms with E-state index in [0.29, 0.717) is 10.5 Å². The van der Waals surface area contributed by atoms with Crippen LogP contribution in [-0.4, -0.2) is 9.99 Å². The van der Waals surface area contributed by atoms with Crippen molar-refractivity contribution in [2.75, 3.05) is 0 Å². The number of allylic oxidation sites excluding steroid dienone is 3. The Morgan fingerprint density at radius 1 is 1.41 bits per heavy atom. The highest BCUT2D eigenvalue weighted by Crippen LogP contribution is 2.42. The van der Waals surface area contributed by atoms with Gasteiger partial charge in [-0.25, -0.2) is 4.21 Å². The van der Waals surface area contributed by atoms with E-state index in [9.17, 15) is 9.00 Å². The number of hydrogen-bond donors (Lipinski definition) is 1. The molecule has 2 aliphatic rings. The van der Waals surface area contributed by atoms with E-state index in [-0.39, 0.29) is 10.8 Å². The number of rotatable bonds is 2. The zero-order valence-electron chi connectivity index (χ0n) is 9.06. The summed E-state index contributed by atoms with van der Waals surface area (Å²) < 4.78 is 12.0. The van der Waals surface area contributed by atoms with Crippen LogP contribution in [-0.2, 0) is 10.8 Å². The van der Waals surface area contributed by atoms with Crippen LogP contribution in [0, 0.1) is 0 Å². The molecule has 0 bridgehead atoms. The topological polar surface area (TPSA) is 60.2 Å². The predicted octanol–water partition coefficient (Wildman–Crippen LogP) is 2.30. The van der Waals surface area contributed by atoms with Crippen LogP contribution < -0.4 is 5.73 Å². The largest absolute Gasteiger partial charge is 0.391 e. The van der Waals surface area contributed by atoms with Gasteiger partial charge in [0.25, 0.3) is 0 Å². The quantitative estimate of drug-likeness (QED) is 0.835. The minimum Gasteiger partial charge on any atom is -0.391 e. The lowest BCUT2D eigenvalue weighted by molar-refractivity contribution is 0.103. The molecule has 5 heteroatoms. The van der Waals surface area contributed by atoms with E-state index in [0.717, 1.165) is 29.7 Å². The van der Waals surface area contributed by atoms with Crippen LogP contribution in [0.2, 0.25) is 0 Å². The second kappa shape index (κ2) is 3.92. The van der Waals surface area contributed by atoms with Crippen molar-refractivity contribution in [3.05, 3.63) is 43.5 Å². The molecule has 1 aliphatic heterocycles. The van der Waals surface area contributed by atoms with Crippen LogP contribution in [0.15, 0.2) is 38.6 Å². The standard InChI is InChI=1S/C12H11NO2S2/c13-12-10(11(14)8-4-2-6-16-8)7-3-1-5-9(7)17(12)15/h2,4,6H,1,3,5,13H2. The second-order valence-corrected chi connectivity index (χ2v) is 6.49. The maximum atomic E-state index is 12.3. The summed E-state index contributed by atoms with van der Waals surface area (Å²) >= 11 is 1.39. The molecular formula is C12H11NO2S2. The molecule has 88 valence electrons. The fraction of sp³-hybridized carbons (Fsp3) is 0.250. The van der Waals surface area contributed by atoms with E-state index in [4.69, 9.17) is 5.73 Å². The van der Waals surface area contributed by atoms with Gasteiger partial charge in [0, 0.05) is 4.91 Å². The Balaban J connectivity index is 2.09.